The third-order valence-electron chi connectivity index (χ3n) is 14.4. The van der Waals surface area contributed by atoms with Gasteiger partial charge in [-0.1, -0.05) is 37.1 Å². The maximum Gasteiger partial charge on any atom is 0.407 e. The second kappa shape index (κ2) is 18.0. The Morgan fingerprint density at radius 3 is 2.29 bits per heavy atom. The Kier molecular flexibility index (Phi) is 12.8. The lowest BCUT2D eigenvalue weighted by atomic mass is 9.57. The van der Waals surface area contributed by atoms with Gasteiger partial charge in [0.15, 0.2) is 9.84 Å². The van der Waals surface area contributed by atoms with Crippen LogP contribution in [-0.2, 0) is 24.8 Å². The fourth-order valence-corrected chi connectivity index (χ4v) is 12.7. The number of carbonyl (C=O) groups excluding carboxylic acids is 2. The number of amides is 2. The number of rotatable bonds is 14. The number of hydrogen-bond donors (Lipinski definition) is 1. The van der Waals surface area contributed by atoms with E-state index in [0.717, 1.165) is 115 Å². The summed E-state index contributed by atoms with van der Waals surface area (Å²) in [6.45, 7) is 11.1. The highest BCUT2D eigenvalue weighted by atomic mass is 32.2. The summed E-state index contributed by atoms with van der Waals surface area (Å²) in [5.41, 5.74) is 1.72. The minimum atomic E-state index is -3.56. The second-order valence-electron chi connectivity index (χ2n) is 18.0. The quantitative estimate of drug-likeness (QED) is 0.259. The Balaban J connectivity index is 0.859. The standard InChI is InChI=1S/C45H63FN6O5S/c1-57-44(54)47-42-15-7-14-41(42)45(33-50-22-9-23-50,36-10-5-11-37(46)26-36)35-17-24-49(25-18-35)28-34-29-51(30-34)38-12-6-13-39(27-38)58(55,56)40-31-52(32-40)43(53)16-8-21-48-19-3-2-4-20-48/h5-6,8,10-13,16,26-27,34-35,40-42H,2-4,7,9,14-15,17-25,28-33H2,1H3,(H,47,54)/b16-8+/t41-,42-,45+/m0/s1. The molecule has 0 bridgehead atoms. The van der Waals surface area contributed by atoms with E-state index in [2.05, 4.69) is 31.0 Å². The highest BCUT2D eigenvalue weighted by molar-refractivity contribution is 7.92. The van der Waals surface area contributed by atoms with Crippen LogP contribution < -0.4 is 10.2 Å². The number of likely N-dealkylation sites (tertiary alicyclic amines) is 4. The van der Waals surface area contributed by atoms with Gasteiger partial charge in [0, 0.05) is 75.0 Å². The maximum absolute atomic E-state index is 15.0. The van der Waals surface area contributed by atoms with Gasteiger partial charge in [0.2, 0.25) is 5.91 Å². The van der Waals surface area contributed by atoms with Gasteiger partial charge >= 0.3 is 6.09 Å². The molecule has 0 aromatic heterocycles. The lowest BCUT2D eigenvalue weighted by molar-refractivity contribution is -0.129. The molecule has 3 atom stereocenters. The summed E-state index contributed by atoms with van der Waals surface area (Å²) >= 11 is 0. The number of halogens is 1. The van der Waals surface area contributed by atoms with Crippen molar-refractivity contribution in [1.29, 1.82) is 0 Å². The number of sulfone groups is 1. The molecule has 0 spiro atoms. The molecular weight excluding hydrogens is 756 g/mol. The molecule has 0 radical (unpaired) electrons. The normalized spacial score (nSPS) is 25.6. The fraction of sp³-hybridized carbons (Fsp3) is 0.644. The van der Waals surface area contributed by atoms with Crippen LogP contribution in [0.1, 0.15) is 63.4 Å². The summed E-state index contributed by atoms with van der Waals surface area (Å²) in [5.74, 6) is 0.710. The lowest BCUT2D eigenvalue weighted by Crippen LogP contribution is -2.60. The monoisotopic (exact) mass is 818 g/mol. The summed E-state index contributed by atoms with van der Waals surface area (Å²) in [7, 11) is -2.14. The number of nitrogens with one attached hydrogen (secondary N) is 1. The van der Waals surface area contributed by atoms with Gasteiger partial charge in [-0.25, -0.2) is 17.6 Å². The number of piperidine rings is 2. The molecule has 2 aromatic carbocycles. The first kappa shape index (κ1) is 41.2. The van der Waals surface area contributed by atoms with Crippen molar-refractivity contribution in [1.82, 2.24) is 24.9 Å². The van der Waals surface area contributed by atoms with Gasteiger partial charge in [-0.15, -0.1) is 0 Å². The molecule has 5 saturated heterocycles. The van der Waals surface area contributed by atoms with Gasteiger partial charge in [0.05, 0.1) is 12.0 Å². The van der Waals surface area contributed by atoms with E-state index in [-0.39, 0.29) is 42.2 Å². The van der Waals surface area contributed by atoms with Gasteiger partial charge in [0.25, 0.3) is 0 Å². The molecule has 6 fully saturated rings. The molecule has 2 amide bonds. The smallest absolute Gasteiger partial charge is 0.407 e. The van der Waals surface area contributed by atoms with Crippen LogP contribution >= 0.6 is 0 Å². The molecule has 58 heavy (non-hydrogen) atoms. The average Bonchev–Trinajstić information content (AvgIpc) is 3.64. The number of ether oxygens (including phenoxy) is 1. The number of hydrogen-bond acceptors (Lipinski definition) is 9. The van der Waals surface area contributed by atoms with Crippen molar-refractivity contribution in [2.24, 2.45) is 17.8 Å². The van der Waals surface area contributed by atoms with Crippen LogP contribution in [0.25, 0.3) is 0 Å². The highest BCUT2D eigenvalue weighted by Crippen LogP contribution is 2.51. The van der Waals surface area contributed by atoms with Gasteiger partial charge in [-0.05, 0) is 132 Å². The van der Waals surface area contributed by atoms with Gasteiger partial charge < -0.3 is 29.7 Å². The number of carbonyl (C=O) groups is 2. The fourth-order valence-electron chi connectivity index (χ4n) is 11.0. The summed E-state index contributed by atoms with van der Waals surface area (Å²) in [5, 5.41) is 2.61. The molecule has 1 N–H and O–H groups in total. The number of methoxy groups -OCH3 is 1. The van der Waals surface area contributed by atoms with Crippen molar-refractivity contribution in [2.45, 2.75) is 79.4 Å². The van der Waals surface area contributed by atoms with E-state index in [0.29, 0.717) is 16.7 Å². The van der Waals surface area contributed by atoms with Crippen LogP contribution in [-0.4, -0.2) is 144 Å². The highest BCUT2D eigenvalue weighted by Gasteiger charge is 2.53. The molecule has 8 rings (SSSR count). The molecule has 13 heteroatoms. The van der Waals surface area contributed by atoms with Crippen molar-refractivity contribution in [3.05, 3.63) is 72.1 Å². The van der Waals surface area contributed by atoms with Crippen LogP contribution in [0.15, 0.2) is 65.6 Å². The SMILES string of the molecule is COC(=O)N[C@H]1CCC[C@@H]1[C@@](CN1CCC1)(c1cccc(F)c1)C1CCN(CC2CN(c3cccc(S(=O)(=O)C4CN(C(=O)/C=C/CN5CCCCC5)C4)c3)C2)CC1. The summed E-state index contributed by atoms with van der Waals surface area (Å²) in [4.78, 5) is 37.0. The summed E-state index contributed by atoms with van der Waals surface area (Å²) in [6.07, 6.45) is 12.9. The Labute approximate surface area is 344 Å². The molecule has 5 aliphatic heterocycles. The third kappa shape index (κ3) is 8.83. The molecule has 1 saturated carbocycles. The van der Waals surface area contributed by atoms with Crippen molar-refractivity contribution in [2.75, 3.05) is 97.1 Å². The second-order valence-corrected chi connectivity index (χ2v) is 20.2. The zero-order chi connectivity index (χ0) is 40.3. The van der Waals surface area contributed by atoms with Crippen LogP contribution in [0.4, 0.5) is 14.9 Å². The summed E-state index contributed by atoms with van der Waals surface area (Å²) < 4.78 is 47.4. The van der Waals surface area contributed by atoms with Crippen molar-refractivity contribution < 1.29 is 27.1 Å². The minimum Gasteiger partial charge on any atom is -0.453 e. The van der Waals surface area contributed by atoms with Gasteiger partial charge in [0.1, 0.15) is 11.1 Å². The molecule has 11 nitrogen and oxygen atoms in total. The molecule has 2 aromatic rings. The Hall–Kier alpha value is -3.52. The first-order chi connectivity index (χ1) is 28.1. The Bertz CT molecular complexity index is 1880. The van der Waals surface area contributed by atoms with Gasteiger partial charge in [-0.2, -0.15) is 0 Å². The molecule has 1 aliphatic carbocycles. The van der Waals surface area contributed by atoms with E-state index in [1.54, 1.807) is 23.1 Å². The molecule has 316 valence electrons. The van der Waals surface area contributed by atoms with Gasteiger partial charge in [-0.3, -0.25) is 9.69 Å². The van der Waals surface area contributed by atoms with E-state index in [1.807, 2.05) is 30.3 Å². The maximum atomic E-state index is 15.0. The molecule has 6 aliphatic rings. The average molecular weight is 819 g/mol. The number of nitrogens with zero attached hydrogens (tertiary/aromatic N) is 5. The zero-order valence-electron chi connectivity index (χ0n) is 34.3. The van der Waals surface area contributed by atoms with Crippen LogP contribution in [0.5, 0.6) is 0 Å². The predicted molar refractivity (Wildman–Crippen MR) is 224 cm³/mol. The Morgan fingerprint density at radius 2 is 1.59 bits per heavy atom. The topological polar surface area (TPSA) is 106 Å². The third-order valence-corrected chi connectivity index (χ3v) is 16.5. The number of benzene rings is 2. The van der Waals surface area contributed by atoms with E-state index in [1.165, 1.54) is 38.9 Å². The molecular formula is C45H63FN6O5S. The largest absolute Gasteiger partial charge is 0.453 e. The summed E-state index contributed by atoms with van der Waals surface area (Å²) in [6, 6.07) is 14.6. The number of alkyl carbamates (subject to hydrolysis) is 1. The lowest BCUT2D eigenvalue weighted by Gasteiger charge is -2.54. The van der Waals surface area contributed by atoms with E-state index < -0.39 is 21.2 Å². The van der Waals surface area contributed by atoms with Crippen LogP contribution in [0.3, 0.4) is 0 Å². The minimum absolute atomic E-state index is 0.0152. The van der Waals surface area contributed by atoms with Crippen molar-refractivity contribution >= 4 is 27.5 Å². The first-order valence-corrected chi connectivity index (χ1v) is 23.5. The van der Waals surface area contributed by atoms with Crippen LogP contribution in [0, 0.1) is 23.6 Å². The van der Waals surface area contributed by atoms with E-state index in [9.17, 15) is 18.0 Å². The van der Waals surface area contributed by atoms with E-state index >= 15 is 4.39 Å². The van der Waals surface area contributed by atoms with Crippen molar-refractivity contribution in [3.8, 4) is 0 Å². The van der Waals surface area contributed by atoms with Crippen molar-refractivity contribution in [3.63, 3.8) is 0 Å². The first-order valence-electron chi connectivity index (χ1n) is 21.9. The predicted octanol–water partition coefficient (Wildman–Crippen LogP) is 5.17. The molecule has 5 heterocycles. The molecule has 0 unspecified atom stereocenters. The Morgan fingerprint density at radius 1 is 0.845 bits per heavy atom. The van der Waals surface area contributed by atoms with Crippen LogP contribution in [0.2, 0.25) is 0 Å². The zero-order valence-corrected chi connectivity index (χ0v) is 35.1. The van der Waals surface area contributed by atoms with E-state index in [4.69, 9.17) is 4.74 Å². The number of anilines is 1.